The molecule has 0 aliphatic rings. The Hall–Kier alpha value is -2.86. The summed E-state index contributed by atoms with van der Waals surface area (Å²) in [6.45, 7) is 8.09. The van der Waals surface area contributed by atoms with Crippen molar-refractivity contribution in [1.82, 2.24) is 14.8 Å². The van der Waals surface area contributed by atoms with Crippen molar-refractivity contribution in [2.75, 3.05) is 13.2 Å². The van der Waals surface area contributed by atoms with Gasteiger partial charge in [-0.15, -0.1) is 0 Å². The van der Waals surface area contributed by atoms with Crippen LogP contribution >= 0.6 is 11.6 Å². The summed E-state index contributed by atoms with van der Waals surface area (Å²) < 4.78 is 12.7. The number of nitrogens with zero attached hydrogens (tertiary/aromatic N) is 3. The Morgan fingerprint density at radius 2 is 1.79 bits per heavy atom. The van der Waals surface area contributed by atoms with Crippen LogP contribution < -0.4 is 4.74 Å². The molecule has 0 saturated heterocycles. The number of aromatic nitrogens is 3. The van der Waals surface area contributed by atoms with E-state index in [1.807, 2.05) is 52.0 Å². The fraction of sp³-hybridized carbons (Fsp3) is 0.286. The number of hydrogen-bond acceptors (Lipinski definition) is 5. The Morgan fingerprint density at radius 3 is 2.43 bits per heavy atom. The van der Waals surface area contributed by atoms with Crippen LogP contribution in [0.2, 0.25) is 5.02 Å². The van der Waals surface area contributed by atoms with E-state index < -0.39 is 5.97 Å². The molecule has 0 atom stereocenters. The van der Waals surface area contributed by atoms with E-state index in [1.54, 1.807) is 16.8 Å². The second-order valence-corrected chi connectivity index (χ2v) is 6.95. The molecule has 0 amide bonds. The number of rotatable bonds is 6. The molecule has 2 aromatic heterocycles. The SMILES string of the molecule is Cc1cc(C)n(-c2ccc(Cl)c(C(=O)OCCOc3c(C)cccc3C)n2)n1. The molecule has 0 unspecified atom stereocenters. The number of ether oxygens (including phenoxy) is 2. The summed E-state index contributed by atoms with van der Waals surface area (Å²) in [7, 11) is 0. The van der Waals surface area contributed by atoms with Crippen molar-refractivity contribution in [3.63, 3.8) is 0 Å². The molecule has 0 saturated carbocycles. The Labute approximate surface area is 169 Å². The quantitative estimate of drug-likeness (QED) is 0.454. The van der Waals surface area contributed by atoms with Crippen molar-refractivity contribution in [2.45, 2.75) is 27.7 Å². The molecule has 2 heterocycles. The molecule has 0 radical (unpaired) electrons. The number of carbonyl (C=O) groups is 1. The number of pyridine rings is 1. The predicted octanol–water partition coefficient (Wildman–Crippen LogP) is 4.39. The van der Waals surface area contributed by atoms with Crippen molar-refractivity contribution in [1.29, 1.82) is 0 Å². The first-order valence-electron chi connectivity index (χ1n) is 8.93. The van der Waals surface area contributed by atoms with E-state index in [-0.39, 0.29) is 23.9 Å². The molecule has 0 aliphatic heterocycles. The van der Waals surface area contributed by atoms with E-state index in [0.717, 1.165) is 28.3 Å². The third-order valence-corrected chi connectivity index (χ3v) is 4.53. The summed E-state index contributed by atoms with van der Waals surface area (Å²) in [6.07, 6.45) is 0. The van der Waals surface area contributed by atoms with Gasteiger partial charge in [-0.1, -0.05) is 29.8 Å². The van der Waals surface area contributed by atoms with E-state index in [4.69, 9.17) is 21.1 Å². The van der Waals surface area contributed by atoms with Gasteiger partial charge in [0.25, 0.3) is 0 Å². The summed E-state index contributed by atoms with van der Waals surface area (Å²) in [5, 5.41) is 4.60. The number of halogens is 1. The molecular weight excluding hydrogens is 378 g/mol. The Kier molecular flexibility index (Phi) is 5.99. The van der Waals surface area contributed by atoms with Gasteiger partial charge < -0.3 is 9.47 Å². The number of carbonyl (C=O) groups excluding carboxylic acids is 1. The van der Waals surface area contributed by atoms with Gasteiger partial charge in [-0.25, -0.2) is 14.5 Å². The number of esters is 1. The highest BCUT2D eigenvalue weighted by Crippen LogP contribution is 2.22. The molecule has 28 heavy (non-hydrogen) atoms. The minimum Gasteiger partial charge on any atom is -0.489 e. The van der Waals surface area contributed by atoms with Gasteiger partial charge in [-0.3, -0.25) is 0 Å². The van der Waals surface area contributed by atoms with Crippen LogP contribution in [0.3, 0.4) is 0 Å². The lowest BCUT2D eigenvalue weighted by Crippen LogP contribution is -2.15. The average molecular weight is 400 g/mol. The summed E-state index contributed by atoms with van der Waals surface area (Å²) >= 11 is 6.15. The minimum atomic E-state index is -0.599. The Balaban J connectivity index is 1.66. The smallest absolute Gasteiger partial charge is 0.358 e. The zero-order chi connectivity index (χ0) is 20.3. The molecular formula is C21H22ClN3O3. The van der Waals surface area contributed by atoms with Crippen molar-refractivity contribution in [3.05, 3.63) is 69.6 Å². The molecule has 3 rings (SSSR count). The third kappa shape index (κ3) is 4.34. The van der Waals surface area contributed by atoms with Crippen LogP contribution in [0.25, 0.3) is 5.82 Å². The maximum Gasteiger partial charge on any atom is 0.358 e. The van der Waals surface area contributed by atoms with Crippen molar-refractivity contribution >= 4 is 17.6 Å². The standard InChI is InChI=1S/C21H22ClN3O3/c1-13-6-5-7-14(2)20(13)27-10-11-28-21(26)19-17(22)8-9-18(23-19)25-16(4)12-15(3)24-25/h5-9,12H,10-11H2,1-4H3. The summed E-state index contributed by atoms with van der Waals surface area (Å²) in [5.74, 6) is 0.716. The van der Waals surface area contributed by atoms with Gasteiger partial charge in [-0.05, 0) is 57.0 Å². The molecule has 0 bridgehead atoms. The number of hydrogen-bond donors (Lipinski definition) is 0. The number of aryl methyl sites for hydroxylation is 4. The van der Waals surface area contributed by atoms with Crippen molar-refractivity contribution in [3.8, 4) is 11.6 Å². The van der Waals surface area contributed by atoms with Crippen LogP contribution in [0.1, 0.15) is 33.0 Å². The maximum atomic E-state index is 12.4. The van der Waals surface area contributed by atoms with Gasteiger partial charge >= 0.3 is 5.97 Å². The number of benzene rings is 1. The van der Waals surface area contributed by atoms with Gasteiger partial charge in [0.1, 0.15) is 19.0 Å². The molecule has 3 aromatic rings. The fourth-order valence-electron chi connectivity index (χ4n) is 2.93. The van der Waals surface area contributed by atoms with Crippen molar-refractivity contribution in [2.24, 2.45) is 0 Å². The van der Waals surface area contributed by atoms with E-state index in [0.29, 0.717) is 5.82 Å². The lowest BCUT2D eigenvalue weighted by molar-refractivity contribution is 0.0443. The fourth-order valence-corrected chi connectivity index (χ4v) is 3.11. The van der Waals surface area contributed by atoms with E-state index in [2.05, 4.69) is 10.1 Å². The van der Waals surface area contributed by atoms with Crippen LogP contribution in [-0.4, -0.2) is 33.9 Å². The van der Waals surface area contributed by atoms with Gasteiger partial charge in [0.15, 0.2) is 11.5 Å². The minimum absolute atomic E-state index is 0.0544. The second-order valence-electron chi connectivity index (χ2n) is 6.54. The molecule has 7 heteroatoms. The molecule has 1 aromatic carbocycles. The highest BCUT2D eigenvalue weighted by molar-refractivity contribution is 6.33. The lowest BCUT2D eigenvalue weighted by atomic mass is 10.1. The summed E-state index contributed by atoms with van der Waals surface area (Å²) in [4.78, 5) is 16.8. The molecule has 146 valence electrons. The Morgan fingerprint density at radius 1 is 1.07 bits per heavy atom. The van der Waals surface area contributed by atoms with Gasteiger partial charge in [0.05, 0.1) is 10.7 Å². The molecule has 0 aliphatic carbocycles. The third-order valence-electron chi connectivity index (χ3n) is 4.22. The summed E-state index contributed by atoms with van der Waals surface area (Å²) in [5.41, 5.74) is 3.90. The highest BCUT2D eigenvalue weighted by atomic mass is 35.5. The molecule has 0 N–H and O–H groups in total. The average Bonchev–Trinajstić information content (AvgIpc) is 2.99. The van der Waals surface area contributed by atoms with Crippen LogP contribution in [0.4, 0.5) is 0 Å². The topological polar surface area (TPSA) is 66.2 Å². The highest BCUT2D eigenvalue weighted by Gasteiger charge is 2.17. The van der Waals surface area contributed by atoms with E-state index >= 15 is 0 Å². The van der Waals surface area contributed by atoms with Crippen LogP contribution in [0.5, 0.6) is 5.75 Å². The van der Waals surface area contributed by atoms with Crippen LogP contribution in [0, 0.1) is 27.7 Å². The number of para-hydroxylation sites is 1. The van der Waals surface area contributed by atoms with E-state index in [1.165, 1.54) is 0 Å². The van der Waals surface area contributed by atoms with Gasteiger partial charge in [-0.2, -0.15) is 5.10 Å². The monoisotopic (exact) mass is 399 g/mol. The molecule has 6 nitrogen and oxygen atoms in total. The van der Waals surface area contributed by atoms with Gasteiger partial charge in [0.2, 0.25) is 0 Å². The van der Waals surface area contributed by atoms with Crippen LogP contribution in [-0.2, 0) is 4.74 Å². The zero-order valence-corrected chi connectivity index (χ0v) is 17.1. The largest absolute Gasteiger partial charge is 0.489 e. The van der Waals surface area contributed by atoms with E-state index in [9.17, 15) is 4.79 Å². The predicted molar refractivity (Wildman–Crippen MR) is 108 cm³/mol. The normalized spacial score (nSPS) is 10.8. The molecule has 0 spiro atoms. The summed E-state index contributed by atoms with van der Waals surface area (Å²) in [6, 6.07) is 11.2. The lowest BCUT2D eigenvalue weighted by Gasteiger charge is -2.12. The first-order valence-corrected chi connectivity index (χ1v) is 9.31. The molecule has 0 fully saturated rings. The first-order chi connectivity index (χ1) is 13.4. The first kappa shape index (κ1) is 19.9. The second kappa shape index (κ2) is 8.44. The Bertz CT molecular complexity index is 994. The van der Waals surface area contributed by atoms with Gasteiger partial charge in [0, 0.05) is 5.69 Å². The van der Waals surface area contributed by atoms with Crippen LogP contribution in [0.15, 0.2) is 36.4 Å². The van der Waals surface area contributed by atoms with Crippen molar-refractivity contribution < 1.29 is 14.3 Å². The maximum absolute atomic E-state index is 12.4. The zero-order valence-electron chi connectivity index (χ0n) is 16.3.